The molecular formula is C12H6F9NO5. The van der Waals surface area contributed by atoms with Gasteiger partial charge >= 0.3 is 30.1 Å². The lowest BCUT2D eigenvalue weighted by atomic mass is 10.0. The molecule has 15 heteroatoms. The Kier molecular flexibility index (Phi) is 5.87. The monoisotopic (exact) mass is 415 g/mol. The van der Waals surface area contributed by atoms with Crippen LogP contribution in [0, 0.1) is 10.1 Å². The van der Waals surface area contributed by atoms with E-state index in [0.717, 1.165) is 24.3 Å². The minimum atomic E-state index is -7.12. The minimum Gasteiger partial charge on any atom is -0.427 e. The maximum absolute atomic E-state index is 13.1. The zero-order chi connectivity index (χ0) is 21.3. The number of carbonyl (C=O) groups excluding carboxylic acids is 1. The van der Waals surface area contributed by atoms with Gasteiger partial charge in [0.15, 0.2) is 6.61 Å². The summed E-state index contributed by atoms with van der Waals surface area (Å²) in [5.74, 6) is -20.7. The fraction of sp³-hybridized carbons (Fsp3) is 0.417. The van der Waals surface area contributed by atoms with Gasteiger partial charge in [0.05, 0.1) is 4.92 Å². The molecule has 0 aliphatic carbocycles. The maximum Gasteiger partial charge on any atom is 0.514 e. The Morgan fingerprint density at radius 2 is 1.41 bits per heavy atom. The van der Waals surface area contributed by atoms with Gasteiger partial charge < -0.3 is 9.47 Å². The quantitative estimate of drug-likeness (QED) is 0.224. The van der Waals surface area contributed by atoms with Gasteiger partial charge in [-0.25, -0.2) is 4.79 Å². The first kappa shape index (κ1) is 22.3. The predicted octanol–water partition coefficient (Wildman–Crippen LogP) is 4.58. The van der Waals surface area contributed by atoms with E-state index >= 15 is 0 Å². The van der Waals surface area contributed by atoms with Crippen molar-refractivity contribution < 1.29 is 58.7 Å². The molecule has 0 spiro atoms. The lowest BCUT2D eigenvalue weighted by Gasteiger charge is -2.33. The third-order valence-corrected chi connectivity index (χ3v) is 2.83. The molecule has 0 aliphatic rings. The summed E-state index contributed by atoms with van der Waals surface area (Å²) in [7, 11) is 0. The van der Waals surface area contributed by atoms with Crippen LogP contribution in [0.1, 0.15) is 0 Å². The van der Waals surface area contributed by atoms with Crippen LogP contribution in [0.4, 0.5) is 50.0 Å². The molecule has 27 heavy (non-hydrogen) atoms. The highest BCUT2D eigenvalue weighted by Gasteiger charge is 2.82. The number of nitro groups is 1. The fourth-order valence-electron chi connectivity index (χ4n) is 1.41. The van der Waals surface area contributed by atoms with E-state index in [4.69, 9.17) is 0 Å². The Bertz CT molecular complexity index is 702. The first-order chi connectivity index (χ1) is 12.0. The van der Waals surface area contributed by atoms with Crippen molar-refractivity contribution in [1.29, 1.82) is 0 Å². The zero-order valence-corrected chi connectivity index (χ0v) is 12.4. The summed E-state index contributed by atoms with van der Waals surface area (Å²) < 4.78 is 121. The molecule has 0 unspecified atom stereocenters. The summed E-state index contributed by atoms with van der Waals surface area (Å²) in [4.78, 5) is 20.6. The number of non-ortho nitro benzene ring substituents is 1. The van der Waals surface area contributed by atoms with Crippen molar-refractivity contribution in [3.8, 4) is 5.75 Å². The molecule has 0 bridgehead atoms. The van der Waals surface area contributed by atoms with Crippen LogP contribution < -0.4 is 4.74 Å². The van der Waals surface area contributed by atoms with E-state index in [2.05, 4.69) is 9.47 Å². The molecule has 0 saturated heterocycles. The number of halogens is 9. The molecule has 0 radical (unpaired) electrons. The van der Waals surface area contributed by atoms with Gasteiger partial charge in [-0.3, -0.25) is 10.1 Å². The summed E-state index contributed by atoms with van der Waals surface area (Å²) in [6.45, 7) is -2.86. The summed E-state index contributed by atoms with van der Waals surface area (Å²) in [6.07, 6.45) is -9.16. The average molecular weight is 415 g/mol. The number of carbonyl (C=O) groups is 1. The molecule has 1 aromatic rings. The number of nitro benzene ring substituents is 1. The highest BCUT2D eigenvalue weighted by atomic mass is 19.4. The van der Waals surface area contributed by atoms with Crippen LogP contribution in [0.15, 0.2) is 24.3 Å². The van der Waals surface area contributed by atoms with E-state index in [1.807, 2.05) is 0 Å². The van der Waals surface area contributed by atoms with E-state index in [1.54, 1.807) is 0 Å². The molecule has 0 amide bonds. The van der Waals surface area contributed by atoms with Crippen LogP contribution >= 0.6 is 0 Å². The largest absolute Gasteiger partial charge is 0.514 e. The number of rotatable bonds is 6. The smallest absolute Gasteiger partial charge is 0.427 e. The van der Waals surface area contributed by atoms with Gasteiger partial charge in [0.25, 0.3) is 5.69 Å². The molecule has 0 heterocycles. The number of alkyl halides is 9. The second kappa shape index (κ2) is 7.11. The number of hydrogen-bond donors (Lipinski definition) is 0. The molecular weight excluding hydrogens is 409 g/mol. The second-order valence-electron chi connectivity index (χ2n) is 4.74. The minimum absolute atomic E-state index is 0.476. The highest BCUT2D eigenvalue weighted by Crippen LogP contribution is 2.53. The second-order valence-corrected chi connectivity index (χ2v) is 4.74. The van der Waals surface area contributed by atoms with E-state index in [1.165, 1.54) is 0 Å². The van der Waals surface area contributed by atoms with Gasteiger partial charge in [-0.1, -0.05) is 0 Å². The number of benzene rings is 1. The standard InChI is InChI=1S/C12H6F9NO5/c13-9(14,10(15,16)11(17,18)12(19,20)21)5-26-8(23)27-7-3-1-6(2-4-7)22(24)25/h1-4H,5H2. The van der Waals surface area contributed by atoms with Gasteiger partial charge in [-0.2, -0.15) is 39.5 Å². The lowest BCUT2D eigenvalue weighted by molar-refractivity contribution is -0.398. The summed E-state index contributed by atoms with van der Waals surface area (Å²) >= 11 is 0. The maximum atomic E-state index is 13.1. The topological polar surface area (TPSA) is 78.7 Å². The fourth-order valence-corrected chi connectivity index (χ4v) is 1.41. The van der Waals surface area contributed by atoms with Crippen molar-refractivity contribution in [2.45, 2.75) is 23.9 Å². The van der Waals surface area contributed by atoms with E-state index in [-0.39, 0.29) is 0 Å². The molecule has 0 saturated carbocycles. The Balaban J connectivity index is 2.80. The Morgan fingerprint density at radius 1 is 0.926 bits per heavy atom. The SMILES string of the molecule is O=C(OCC(F)(F)C(F)(F)C(F)(F)C(F)(F)F)Oc1ccc([N+](=O)[O-])cc1. The van der Waals surface area contributed by atoms with E-state index < -0.39 is 53.1 Å². The summed E-state index contributed by atoms with van der Waals surface area (Å²) in [5.41, 5.74) is -0.476. The van der Waals surface area contributed by atoms with Crippen molar-refractivity contribution >= 4 is 11.8 Å². The lowest BCUT2D eigenvalue weighted by Crippen LogP contribution is -2.62. The van der Waals surface area contributed by atoms with E-state index in [9.17, 15) is 54.4 Å². The number of nitrogens with zero attached hydrogens (tertiary/aromatic N) is 1. The van der Waals surface area contributed by atoms with Gasteiger partial charge in [-0.15, -0.1) is 0 Å². The molecule has 0 aromatic heterocycles. The van der Waals surface area contributed by atoms with Crippen molar-refractivity contribution in [1.82, 2.24) is 0 Å². The van der Waals surface area contributed by atoms with Crippen LogP contribution in [0.25, 0.3) is 0 Å². The zero-order valence-electron chi connectivity index (χ0n) is 12.4. The molecule has 0 aliphatic heterocycles. The highest BCUT2D eigenvalue weighted by molar-refractivity contribution is 5.64. The van der Waals surface area contributed by atoms with E-state index in [0.29, 0.717) is 0 Å². The first-order valence-electron chi connectivity index (χ1n) is 6.32. The van der Waals surface area contributed by atoms with Crippen molar-refractivity contribution in [2.75, 3.05) is 6.61 Å². The van der Waals surface area contributed by atoms with Crippen molar-refractivity contribution in [3.05, 3.63) is 34.4 Å². The van der Waals surface area contributed by atoms with Crippen LogP contribution in [0.2, 0.25) is 0 Å². The summed E-state index contributed by atoms with van der Waals surface area (Å²) in [6, 6.07) is 3.11. The Labute approximate surface area is 142 Å². The van der Waals surface area contributed by atoms with Crippen molar-refractivity contribution in [3.63, 3.8) is 0 Å². The molecule has 0 atom stereocenters. The van der Waals surface area contributed by atoms with Crippen LogP contribution in [-0.4, -0.2) is 41.6 Å². The molecule has 0 fully saturated rings. The molecule has 0 N–H and O–H groups in total. The molecule has 6 nitrogen and oxygen atoms in total. The van der Waals surface area contributed by atoms with Gasteiger partial charge in [0, 0.05) is 12.1 Å². The third-order valence-electron chi connectivity index (χ3n) is 2.83. The first-order valence-corrected chi connectivity index (χ1v) is 6.32. The van der Waals surface area contributed by atoms with Gasteiger partial charge in [0.2, 0.25) is 0 Å². The molecule has 1 aromatic carbocycles. The summed E-state index contributed by atoms with van der Waals surface area (Å²) in [5, 5.41) is 10.4. The molecule has 1 rings (SSSR count). The normalized spacial score (nSPS) is 13.2. The van der Waals surface area contributed by atoms with Crippen LogP contribution in [-0.2, 0) is 4.74 Å². The number of ether oxygens (including phenoxy) is 2. The van der Waals surface area contributed by atoms with Crippen LogP contribution in [0.3, 0.4) is 0 Å². The van der Waals surface area contributed by atoms with Gasteiger partial charge in [0.1, 0.15) is 5.75 Å². The third kappa shape index (κ3) is 4.51. The average Bonchev–Trinajstić information content (AvgIpc) is 2.52. The Hall–Kier alpha value is -2.74. The molecule has 152 valence electrons. The van der Waals surface area contributed by atoms with Gasteiger partial charge in [-0.05, 0) is 12.1 Å². The van der Waals surface area contributed by atoms with Crippen molar-refractivity contribution in [2.24, 2.45) is 0 Å². The van der Waals surface area contributed by atoms with Crippen LogP contribution in [0.5, 0.6) is 5.75 Å². The Morgan fingerprint density at radius 3 is 1.81 bits per heavy atom. The predicted molar refractivity (Wildman–Crippen MR) is 66.0 cm³/mol. The number of hydrogen-bond acceptors (Lipinski definition) is 5.